The van der Waals surface area contributed by atoms with E-state index >= 15 is 8.78 Å². The summed E-state index contributed by atoms with van der Waals surface area (Å²) in [6, 6.07) is 16.0. The van der Waals surface area contributed by atoms with E-state index in [1.807, 2.05) is 7.05 Å². The van der Waals surface area contributed by atoms with E-state index in [9.17, 15) is 26.8 Å². The number of nitrogens with one attached hydrogen (secondary N) is 3. The van der Waals surface area contributed by atoms with Crippen molar-refractivity contribution in [3.05, 3.63) is 119 Å². The van der Waals surface area contributed by atoms with Crippen LogP contribution in [0, 0.1) is 23.3 Å². The largest absolute Gasteiger partial charge is 0.346 e. The van der Waals surface area contributed by atoms with Crippen LogP contribution in [0.4, 0.5) is 49.9 Å². The van der Waals surface area contributed by atoms with Crippen molar-refractivity contribution in [2.75, 3.05) is 67.2 Å². The summed E-state index contributed by atoms with van der Waals surface area (Å²) in [4.78, 5) is 33.0. The van der Waals surface area contributed by atoms with Crippen LogP contribution in [0.15, 0.2) is 84.9 Å². The average molecular weight is 825 g/mol. The predicted octanol–water partition coefficient (Wildman–Crippen LogP) is 6.97. The van der Waals surface area contributed by atoms with Crippen LogP contribution in [0.5, 0.6) is 0 Å². The first-order valence-corrected chi connectivity index (χ1v) is 20.9. The van der Waals surface area contributed by atoms with Crippen LogP contribution >= 0.6 is 0 Å². The number of anilines is 4. The third-order valence-corrected chi connectivity index (χ3v) is 12.0. The highest BCUT2D eigenvalue weighted by Crippen LogP contribution is 2.29. The lowest BCUT2D eigenvalue weighted by Gasteiger charge is -2.36. The number of hydrogen-bond donors (Lipinski definition) is 3. The highest BCUT2D eigenvalue weighted by atomic mass is 32.2. The molecule has 58 heavy (non-hydrogen) atoms. The van der Waals surface area contributed by atoms with E-state index in [-0.39, 0.29) is 28.8 Å². The van der Waals surface area contributed by atoms with E-state index in [0.717, 1.165) is 65.8 Å². The standard InChI is InChI=1S/C41H48F4N8O4S/c1-46-32-16-20-50(21-17-32)26-28-4-14-36(44)38(24-28)47-40(54)52(34-10-6-30(42)7-11-34)53(35-12-8-31(43)9-13-35)41(55)48-39-25-29(5-15-37(39)45)27-51-22-18-33(19-23-51)49(2)58(3,56)57/h4-15,24-25,32-33,46H,16-23,26-27H2,1-3H3,(H,47,54)(H,48,55). The zero-order valence-corrected chi connectivity index (χ0v) is 33.4. The minimum Gasteiger partial charge on any atom is -0.317 e. The molecule has 4 aromatic rings. The molecular formula is C41H48F4N8O4S. The number of benzene rings is 4. The van der Waals surface area contributed by atoms with Crippen LogP contribution in [0.25, 0.3) is 0 Å². The summed E-state index contributed by atoms with van der Waals surface area (Å²) in [5.74, 6) is -2.79. The summed E-state index contributed by atoms with van der Waals surface area (Å²) in [7, 11) is 0.150. The van der Waals surface area contributed by atoms with Gasteiger partial charge in [-0.2, -0.15) is 10.0 Å². The molecule has 6 rings (SSSR count). The van der Waals surface area contributed by atoms with Gasteiger partial charge < -0.3 is 16.0 Å². The van der Waals surface area contributed by atoms with Gasteiger partial charge in [0, 0.05) is 45.3 Å². The molecular weight excluding hydrogens is 777 g/mol. The lowest BCUT2D eigenvalue weighted by Crippen LogP contribution is -2.54. The number of nitrogens with zero attached hydrogens (tertiary/aromatic N) is 5. The fourth-order valence-corrected chi connectivity index (χ4v) is 8.04. The van der Waals surface area contributed by atoms with Gasteiger partial charge in [0.25, 0.3) is 0 Å². The number of carbonyl (C=O) groups excluding carboxylic acids is 2. The number of likely N-dealkylation sites (tertiary alicyclic amines) is 2. The summed E-state index contributed by atoms with van der Waals surface area (Å²) in [5.41, 5.74) is 0.928. The van der Waals surface area contributed by atoms with Gasteiger partial charge in [-0.25, -0.2) is 39.9 Å². The maximum atomic E-state index is 15.4. The number of sulfonamides is 1. The molecule has 0 saturated carbocycles. The Bertz CT molecular complexity index is 2170. The molecule has 2 aliphatic heterocycles. The molecule has 2 aliphatic rings. The first-order valence-electron chi connectivity index (χ1n) is 19.0. The molecule has 0 radical (unpaired) electrons. The minimum absolute atomic E-state index is 0.0264. The molecule has 2 saturated heterocycles. The second kappa shape index (κ2) is 18.7. The Morgan fingerprint density at radius 3 is 1.43 bits per heavy atom. The van der Waals surface area contributed by atoms with Crippen molar-refractivity contribution >= 4 is 44.8 Å². The first kappa shape index (κ1) is 42.5. The monoisotopic (exact) mass is 824 g/mol. The Hall–Kier alpha value is -5.07. The van der Waals surface area contributed by atoms with Gasteiger partial charge in [-0.1, -0.05) is 12.1 Å². The Morgan fingerprint density at radius 2 is 1.05 bits per heavy atom. The van der Waals surface area contributed by atoms with Crippen molar-refractivity contribution in [3.63, 3.8) is 0 Å². The normalized spacial score (nSPS) is 16.0. The second-order valence-corrected chi connectivity index (χ2v) is 16.7. The van der Waals surface area contributed by atoms with Gasteiger partial charge >= 0.3 is 12.1 Å². The van der Waals surface area contributed by atoms with E-state index in [1.165, 1.54) is 59.1 Å². The van der Waals surface area contributed by atoms with Gasteiger partial charge in [0.2, 0.25) is 10.0 Å². The molecule has 4 amide bonds. The lowest BCUT2D eigenvalue weighted by atomic mass is 10.0. The summed E-state index contributed by atoms with van der Waals surface area (Å²) in [6.07, 6.45) is 4.29. The lowest BCUT2D eigenvalue weighted by molar-refractivity contribution is 0.164. The molecule has 17 heteroatoms. The van der Waals surface area contributed by atoms with Crippen molar-refractivity contribution in [2.45, 2.75) is 50.9 Å². The molecule has 4 aromatic carbocycles. The summed E-state index contributed by atoms with van der Waals surface area (Å²) in [6.45, 7) is 3.72. The first-order chi connectivity index (χ1) is 27.7. The predicted molar refractivity (Wildman–Crippen MR) is 217 cm³/mol. The number of hydrazine groups is 1. The molecule has 0 unspecified atom stereocenters. The molecule has 0 spiro atoms. The fraction of sp³-hybridized carbons (Fsp3) is 0.366. The van der Waals surface area contributed by atoms with Gasteiger partial charge in [0.1, 0.15) is 23.3 Å². The van der Waals surface area contributed by atoms with Gasteiger partial charge in [-0.3, -0.25) is 9.80 Å². The number of amides is 4. The second-order valence-electron chi connectivity index (χ2n) is 14.7. The molecule has 0 aromatic heterocycles. The van der Waals surface area contributed by atoms with Crippen LogP contribution < -0.4 is 26.0 Å². The van der Waals surface area contributed by atoms with Crippen molar-refractivity contribution < 1.29 is 35.6 Å². The van der Waals surface area contributed by atoms with Gasteiger partial charge in [0.05, 0.1) is 29.0 Å². The quantitative estimate of drug-likeness (QED) is 0.110. The summed E-state index contributed by atoms with van der Waals surface area (Å²) >= 11 is 0. The Morgan fingerprint density at radius 1 is 0.655 bits per heavy atom. The van der Waals surface area contributed by atoms with E-state index in [2.05, 4.69) is 25.8 Å². The van der Waals surface area contributed by atoms with Crippen molar-refractivity contribution in [3.8, 4) is 0 Å². The third kappa shape index (κ3) is 10.7. The van der Waals surface area contributed by atoms with Gasteiger partial charge in [0.15, 0.2) is 0 Å². The van der Waals surface area contributed by atoms with Crippen molar-refractivity contribution in [1.82, 2.24) is 19.4 Å². The zero-order valence-electron chi connectivity index (χ0n) is 32.6. The summed E-state index contributed by atoms with van der Waals surface area (Å²) < 4.78 is 84.7. The van der Waals surface area contributed by atoms with Crippen LogP contribution in [0.3, 0.4) is 0 Å². The maximum absolute atomic E-state index is 15.4. The van der Waals surface area contributed by atoms with Gasteiger partial charge in [-0.05, 0) is 130 Å². The molecule has 0 bridgehead atoms. The number of halogens is 4. The van der Waals surface area contributed by atoms with Crippen molar-refractivity contribution in [2.24, 2.45) is 0 Å². The Balaban J connectivity index is 1.26. The molecule has 310 valence electrons. The number of piperidine rings is 2. The van der Waals surface area contributed by atoms with E-state index < -0.39 is 45.4 Å². The van der Waals surface area contributed by atoms with Crippen LogP contribution in [-0.4, -0.2) is 93.2 Å². The highest BCUT2D eigenvalue weighted by molar-refractivity contribution is 7.88. The van der Waals surface area contributed by atoms with Crippen LogP contribution in [0.2, 0.25) is 0 Å². The fourth-order valence-electron chi connectivity index (χ4n) is 7.29. The number of carbonyl (C=O) groups is 2. The number of hydrogen-bond acceptors (Lipinski definition) is 7. The molecule has 0 atom stereocenters. The van der Waals surface area contributed by atoms with Gasteiger partial charge in [-0.15, -0.1) is 0 Å². The van der Waals surface area contributed by atoms with Crippen LogP contribution in [0.1, 0.15) is 36.8 Å². The van der Waals surface area contributed by atoms with Crippen molar-refractivity contribution in [1.29, 1.82) is 0 Å². The molecule has 2 heterocycles. The average Bonchev–Trinajstić information content (AvgIpc) is 3.20. The molecule has 3 N–H and O–H groups in total. The maximum Gasteiger partial charge on any atom is 0.346 e. The topological polar surface area (TPSA) is 121 Å². The highest BCUT2D eigenvalue weighted by Gasteiger charge is 2.32. The number of urea groups is 2. The third-order valence-electron chi connectivity index (χ3n) is 10.7. The SMILES string of the molecule is CNC1CCN(Cc2ccc(F)c(NC(=O)N(c3ccc(F)cc3)N(C(=O)Nc3cc(CN4CCC(N(C)S(C)(=O)=O)CC4)ccc3F)c3ccc(F)cc3)c2)CC1. The molecule has 2 fully saturated rings. The van der Waals surface area contributed by atoms with E-state index in [4.69, 9.17) is 0 Å². The molecule has 12 nitrogen and oxygen atoms in total. The Kier molecular flexibility index (Phi) is 13.7. The zero-order chi connectivity index (χ0) is 41.6. The molecule has 0 aliphatic carbocycles. The Labute approximate surface area is 336 Å². The van der Waals surface area contributed by atoms with E-state index in [0.29, 0.717) is 50.6 Å². The minimum atomic E-state index is -3.34. The van der Waals surface area contributed by atoms with Crippen LogP contribution in [-0.2, 0) is 23.1 Å². The smallest absolute Gasteiger partial charge is 0.317 e. The number of rotatable bonds is 11. The van der Waals surface area contributed by atoms with E-state index in [1.54, 1.807) is 19.2 Å². The summed E-state index contributed by atoms with van der Waals surface area (Å²) in [5, 5.41) is 10.0.